The number of hydrogen-bond donors (Lipinski definition) is 2. The van der Waals surface area contributed by atoms with E-state index in [9.17, 15) is 9.59 Å². The van der Waals surface area contributed by atoms with E-state index in [1.807, 2.05) is 19.9 Å². The molecular formula is C23H36N4O3. The highest BCUT2D eigenvalue weighted by Gasteiger charge is 2.46. The lowest BCUT2D eigenvalue weighted by molar-refractivity contribution is -0.148. The van der Waals surface area contributed by atoms with E-state index in [0.29, 0.717) is 19.5 Å². The SMILES string of the molecule is CCN(CC)Cc1cc(CN[C@H]2C[C@H]3C(=O)N[C@H](C(C)C)C(=O)N3C2)ccc1OC. The van der Waals surface area contributed by atoms with Gasteiger partial charge in [0.15, 0.2) is 0 Å². The Kier molecular flexibility index (Phi) is 7.36. The van der Waals surface area contributed by atoms with Crippen LogP contribution in [0.25, 0.3) is 0 Å². The number of carbonyl (C=O) groups is 2. The standard InChI is InChI=1S/C23H36N4O3/c1-6-26(7-2)13-17-10-16(8-9-20(17)30-5)12-24-18-11-19-22(28)25-21(15(3)4)23(29)27(19)14-18/h8-10,15,18-19,21,24H,6-7,11-14H2,1-5H3,(H,25,28)/t18-,19-,21+/m0/s1. The van der Waals surface area contributed by atoms with Crippen molar-refractivity contribution in [2.45, 2.75) is 65.3 Å². The van der Waals surface area contributed by atoms with Crippen LogP contribution >= 0.6 is 0 Å². The van der Waals surface area contributed by atoms with Crippen molar-refractivity contribution in [3.05, 3.63) is 29.3 Å². The molecule has 1 aromatic carbocycles. The molecule has 1 aromatic rings. The first-order valence-corrected chi connectivity index (χ1v) is 11.1. The molecule has 166 valence electrons. The van der Waals surface area contributed by atoms with Crippen LogP contribution in [0.4, 0.5) is 0 Å². The Morgan fingerprint density at radius 2 is 2.00 bits per heavy atom. The highest BCUT2D eigenvalue weighted by atomic mass is 16.5. The van der Waals surface area contributed by atoms with E-state index in [-0.39, 0.29) is 29.8 Å². The Morgan fingerprint density at radius 1 is 1.27 bits per heavy atom. The Balaban J connectivity index is 1.64. The smallest absolute Gasteiger partial charge is 0.246 e. The molecule has 2 aliphatic rings. The molecular weight excluding hydrogens is 380 g/mol. The van der Waals surface area contributed by atoms with E-state index in [1.165, 1.54) is 11.1 Å². The van der Waals surface area contributed by atoms with Gasteiger partial charge in [0.25, 0.3) is 0 Å². The minimum Gasteiger partial charge on any atom is -0.496 e. The van der Waals surface area contributed by atoms with Gasteiger partial charge in [-0.3, -0.25) is 14.5 Å². The lowest BCUT2D eigenvalue weighted by atomic mass is 9.98. The molecule has 3 atom stereocenters. The number of rotatable bonds is 9. The molecule has 0 aliphatic carbocycles. The van der Waals surface area contributed by atoms with Crippen LogP contribution in [-0.4, -0.2) is 66.5 Å². The predicted molar refractivity (Wildman–Crippen MR) is 117 cm³/mol. The molecule has 2 N–H and O–H groups in total. The van der Waals surface area contributed by atoms with Gasteiger partial charge in [-0.05, 0) is 43.1 Å². The van der Waals surface area contributed by atoms with Crippen LogP contribution in [0.5, 0.6) is 5.75 Å². The topological polar surface area (TPSA) is 73.9 Å². The summed E-state index contributed by atoms with van der Waals surface area (Å²) in [5.74, 6) is 1.02. The molecule has 0 aromatic heterocycles. The summed E-state index contributed by atoms with van der Waals surface area (Å²) >= 11 is 0. The van der Waals surface area contributed by atoms with Crippen molar-refractivity contribution in [3.8, 4) is 5.75 Å². The summed E-state index contributed by atoms with van der Waals surface area (Å²) in [5.41, 5.74) is 2.36. The van der Waals surface area contributed by atoms with Crippen LogP contribution < -0.4 is 15.4 Å². The molecule has 0 saturated carbocycles. The lowest BCUT2D eigenvalue weighted by Gasteiger charge is -2.36. The molecule has 7 heteroatoms. The molecule has 2 aliphatic heterocycles. The van der Waals surface area contributed by atoms with Gasteiger partial charge in [-0.1, -0.05) is 33.8 Å². The Morgan fingerprint density at radius 3 is 2.63 bits per heavy atom. The Hall–Kier alpha value is -2.12. The van der Waals surface area contributed by atoms with Gasteiger partial charge >= 0.3 is 0 Å². The maximum atomic E-state index is 12.8. The summed E-state index contributed by atoms with van der Waals surface area (Å²) in [6.45, 7) is 12.4. The molecule has 3 rings (SSSR count). The molecule has 7 nitrogen and oxygen atoms in total. The average Bonchev–Trinajstić information content (AvgIpc) is 3.18. The van der Waals surface area contributed by atoms with Gasteiger partial charge in [0.1, 0.15) is 17.8 Å². The summed E-state index contributed by atoms with van der Waals surface area (Å²) in [6, 6.07) is 5.66. The number of benzene rings is 1. The third-order valence-electron chi connectivity index (χ3n) is 6.35. The van der Waals surface area contributed by atoms with Crippen LogP contribution in [0, 0.1) is 5.92 Å². The van der Waals surface area contributed by atoms with Crippen LogP contribution in [-0.2, 0) is 22.7 Å². The summed E-state index contributed by atoms with van der Waals surface area (Å²) in [5, 5.41) is 6.46. The van der Waals surface area contributed by atoms with E-state index < -0.39 is 6.04 Å². The van der Waals surface area contributed by atoms with E-state index in [0.717, 1.165) is 25.4 Å². The molecule has 2 saturated heterocycles. The van der Waals surface area contributed by atoms with Crippen molar-refractivity contribution in [3.63, 3.8) is 0 Å². The number of ether oxygens (including phenoxy) is 1. The average molecular weight is 417 g/mol. The fraction of sp³-hybridized carbons (Fsp3) is 0.652. The van der Waals surface area contributed by atoms with E-state index in [4.69, 9.17) is 4.74 Å². The third kappa shape index (κ3) is 4.78. The van der Waals surface area contributed by atoms with Crippen LogP contribution in [0.2, 0.25) is 0 Å². The second kappa shape index (κ2) is 9.79. The van der Waals surface area contributed by atoms with Gasteiger partial charge in [0, 0.05) is 31.2 Å². The quantitative estimate of drug-likeness (QED) is 0.642. The fourth-order valence-corrected chi connectivity index (χ4v) is 4.43. The summed E-state index contributed by atoms with van der Waals surface area (Å²) in [6.07, 6.45) is 0.658. The summed E-state index contributed by atoms with van der Waals surface area (Å²) in [7, 11) is 1.71. The lowest BCUT2D eigenvalue weighted by Crippen LogP contribution is -2.62. The first-order chi connectivity index (χ1) is 14.4. The number of hydrogen-bond acceptors (Lipinski definition) is 5. The molecule has 0 spiro atoms. The monoisotopic (exact) mass is 416 g/mol. The van der Waals surface area contributed by atoms with Gasteiger partial charge in [0.2, 0.25) is 11.8 Å². The summed E-state index contributed by atoms with van der Waals surface area (Å²) in [4.78, 5) is 29.4. The Labute approximate surface area is 180 Å². The van der Waals surface area contributed by atoms with Crippen LogP contribution in [0.3, 0.4) is 0 Å². The molecule has 0 bridgehead atoms. The second-order valence-corrected chi connectivity index (χ2v) is 8.66. The number of piperazine rings is 1. The molecule has 2 amide bonds. The number of fused-ring (bicyclic) bond motifs is 1. The molecule has 30 heavy (non-hydrogen) atoms. The van der Waals surface area contributed by atoms with Crippen molar-refractivity contribution >= 4 is 11.8 Å². The first kappa shape index (κ1) is 22.6. The number of carbonyl (C=O) groups excluding carboxylic acids is 2. The second-order valence-electron chi connectivity index (χ2n) is 8.66. The summed E-state index contributed by atoms with van der Waals surface area (Å²) < 4.78 is 5.55. The van der Waals surface area contributed by atoms with Gasteiger partial charge in [-0.15, -0.1) is 0 Å². The van der Waals surface area contributed by atoms with Gasteiger partial charge < -0.3 is 20.3 Å². The third-order valence-corrected chi connectivity index (χ3v) is 6.35. The predicted octanol–water partition coefficient (Wildman–Crippen LogP) is 1.75. The molecule has 0 radical (unpaired) electrons. The van der Waals surface area contributed by atoms with Crippen molar-refractivity contribution in [2.75, 3.05) is 26.7 Å². The van der Waals surface area contributed by atoms with E-state index in [1.54, 1.807) is 12.0 Å². The maximum Gasteiger partial charge on any atom is 0.246 e. The highest BCUT2D eigenvalue weighted by Crippen LogP contribution is 2.26. The van der Waals surface area contributed by atoms with Crippen molar-refractivity contribution in [2.24, 2.45) is 5.92 Å². The minimum atomic E-state index is -0.406. The van der Waals surface area contributed by atoms with Gasteiger partial charge in [-0.25, -0.2) is 0 Å². The minimum absolute atomic E-state index is 0.0245. The number of methoxy groups -OCH3 is 1. The van der Waals surface area contributed by atoms with Crippen LogP contribution in [0.15, 0.2) is 18.2 Å². The number of nitrogens with zero attached hydrogens (tertiary/aromatic N) is 2. The zero-order valence-electron chi connectivity index (χ0n) is 18.9. The van der Waals surface area contributed by atoms with Crippen LogP contribution in [0.1, 0.15) is 45.2 Å². The molecule has 0 unspecified atom stereocenters. The van der Waals surface area contributed by atoms with E-state index in [2.05, 4.69) is 41.5 Å². The van der Waals surface area contributed by atoms with E-state index >= 15 is 0 Å². The van der Waals surface area contributed by atoms with Gasteiger partial charge in [-0.2, -0.15) is 0 Å². The molecule has 2 heterocycles. The number of amides is 2. The Bertz CT molecular complexity index is 763. The maximum absolute atomic E-state index is 12.8. The largest absolute Gasteiger partial charge is 0.496 e. The molecule has 2 fully saturated rings. The number of nitrogens with one attached hydrogen (secondary N) is 2. The zero-order valence-corrected chi connectivity index (χ0v) is 18.9. The zero-order chi connectivity index (χ0) is 21.8. The normalized spacial score (nSPS) is 23.8. The highest BCUT2D eigenvalue weighted by molar-refractivity contribution is 5.97. The van der Waals surface area contributed by atoms with Crippen molar-refractivity contribution < 1.29 is 14.3 Å². The first-order valence-electron chi connectivity index (χ1n) is 11.1. The van der Waals surface area contributed by atoms with Gasteiger partial charge in [0.05, 0.1) is 7.11 Å². The van der Waals surface area contributed by atoms with Crippen molar-refractivity contribution in [1.82, 2.24) is 20.4 Å². The fourth-order valence-electron chi connectivity index (χ4n) is 4.43. The van der Waals surface area contributed by atoms with Crippen molar-refractivity contribution in [1.29, 1.82) is 0 Å².